The number of carbonyl (C=O) groups is 1. The zero-order chi connectivity index (χ0) is 18.0. The van der Waals surface area contributed by atoms with Crippen molar-refractivity contribution in [2.45, 2.75) is 0 Å². The number of nitro benzene ring substituents is 1. The van der Waals surface area contributed by atoms with Crippen LogP contribution in [-0.2, 0) is 9.63 Å². The van der Waals surface area contributed by atoms with E-state index in [-0.39, 0.29) is 11.3 Å². The van der Waals surface area contributed by atoms with Crippen LogP contribution < -0.4 is 4.90 Å². The monoisotopic (exact) mass is 337 g/mol. The van der Waals surface area contributed by atoms with Gasteiger partial charge in [-0.1, -0.05) is 41.6 Å². The Kier molecular flexibility index (Phi) is 4.30. The van der Waals surface area contributed by atoms with Crippen molar-refractivity contribution < 1.29 is 14.6 Å². The molecule has 1 heterocycles. The third kappa shape index (κ3) is 3.25. The highest BCUT2D eigenvalue weighted by Gasteiger charge is 2.27. The Bertz CT molecular complexity index is 902. The molecule has 1 aliphatic rings. The summed E-state index contributed by atoms with van der Waals surface area (Å²) in [5, 5.41) is 15.1. The first-order chi connectivity index (χ1) is 12.0. The fourth-order valence-electron chi connectivity index (χ4n) is 2.53. The topological polar surface area (TPSA) is 85.0 Å². The quantitative estimate of drug-likeness (QED) is 0.370. The normalized spacial score (nSPS) is 15.0. The van der Waals surface area contributed by atoms with Gasteiger partial charge in [0.1, 0.15) is 11.4 Å². The van der Waals surface area contributed by atoms with Gasteiger partial charge in [-0.2, -0.15) is 0 Å². The Morgan fingerprint density at radius 2 is 1.88 bits per heavy atom. The van der Waals surface area contributed by atoms with Gasteiger partial charge in [-0.15, -0.1) is 0 Å². The van der Waals surface area contributed by atoms with Crippen LogP contribution in [-0.4, -0.2) is 30.7 Å². The van der Waals surface area contributed by atoms with Gasteiger partial charge in [-0.05, 0) is 17.7 Å². The van der Waals surface area contributed by atoms with Crippen molar-refractivity contribution in [2.75, 3.05) is 19.0 Å². The van der Waals surface area contributed by atoms with Gasteiger partial charge in [-0.3, -0.25) is 10.1 Å². The maximum absolute atomic E-state index is 12.0. The molecule has 7 heteroatoms. The second-order valence-corrected chi connectivity index (χ2v) is 5.64. The molecule has 0 fully saturated rings. The zero-order valence-corrected chi connectivity index (χ0v) is 13.7. The highest BCUT2D eigenvalue weighted by molar-refractivity contribution is 6.31. The smallest absolute Gasteiger partial charge is 0.368 e. The minimum absolute atomic E-state index is 0.0380. The van der Waals surface area contributed by atoms with Crippen LogP contribution in [0.3, 0.4) is 0 Å². The molecule has 1 aliphatic heterocycles. The first kappa shape index (κ1) is 16.4. The number of hydrogen-bond acceptors (Lipinski definition) is 6. The van der Waals surface area contributed by atoms with Crippen molar-refractivity contribution in [3.05, 3.63) is 75.3 Å². The molecule has 2 aromatic carbocycles. The summed E-state index contributed by atoms with van der Waals surface area (Å²) in [6.45, 7) is 0. The molecule has 25 heavy (non-hydrogen) atoms. The van der Waals surface area contributed by atoms with Crippen molar-refractivity contribution in [3.63, 3.8) is 0 Å². The molecule has 0 atom stereocenters. The third-order valence-electron chi connectivity index (χ3n) is 3.73. The molecule has 0 saturated heterocycles. The van der Waals surface area contributed by atoms with Gasteiger partial charge in [0.2, 0.25) is 0 Å². The Labute approximate surface area is 144 Å². The van der Waals surface area contributed by atoms with Gasteiger partial charge < -0.3 is 9.74 Å². The molecule has 0 aliphatic carbocycles. The van der Waals surface area contributed by atoms with E-state index in [1.165, 1.54) is 6.07 Å². The highest BCUT2D eigenvalue weighted by atomic mass is 16.7. The molecule has 0 aromatic heterocycles. The Hall–Kier alpha value is -3.48. The average molecular weight is 337 g/mol. The summed E-state index contributed by atoms with van der Waals surface area (Å²) in [5.41, 5.74) is 2.37. The summed E-state index contributed by atoms with van der Waals surface area (Å²) in [6, 6.07) is 13.9. The van der Waals surface area contributed by atoms with E-state index in [0.717, 1.165) is 5.56 Å². The summed E-state index contributed by atoms with van der Waals surface area (Å²) in [6.07, 6.45) is 1.55. The van der Waals surface area contributed by atoms with E-state index in [9.17, 15) is 14.9 Å². The summed E-state index contributed by atoms with van der Waals surface area (Å²) in [4.78, 5) is 29.3. The summed E-state index contributed by atoms with van der Waals surface area (Å²) >= 11 is 0. The van der Waals surface area contributed by atoms with E-state index in [2.05, 4.69) is 5.16 Å². The Morgan fingerprint density at radius 1 is 1.16 bits per heavy atom. The molecular formula is C18H15N3O4. The van der Waals surface area contributed by atoms with Crippen LogP contribution in [0.5, 0.6) is 0 Å². The largest absolute Gasteiger partial charge is 0.372 e. The summed E-state index contributed by atoms with van der Waals surface area (Å²) in [5.74, 6) is -0.585. The van der Waals surface area contributed by atoms with Crippen LogP contribution >= 0.6 is 0 Å². The minimum Gasteiger partial charge on any atom is -0.372 e. The van der Waals surface area contributed by atoms with Crippen molar-refractivity contribution >= 4 is 29.1 Å². The van der Waals surface area contributed by atoms with Crippen LogP contribution in [0.1, 0.15) is 11.1 Å². The standard InChI is InChI=1S/C18H15N3O4/c1-20(2)15-9-8-12(11-16(15)21(23)24)10-14-17(19-25-18(14)22)13-6-4-3-5-7-13/h3-11H,1-2H3/b14-10-. The number of anilines is 1. The number of nitro groups is 1. The highest BCUT2D eigenvalue weighted by Crippen LogP contribution is 2.29. The van der Waals surface area contributed by atoms with Gasteiger partial charge in [0.25, 0.3) is 5.69 Å². The van der Waals surface area contributed by atoms with Gasteiger partial charge in [0.05, 0.1) is 10.5 Å². The first-order valence-corrected chi connectivity index (χ1v) is 7.50. The number of rotatable bonds is 4. The molecule has 0 N–H and O–H groups in total. The van der Waals surface area contributed by atoms with Crippen LogP contribution in [0, 0.1) is 10.1 Å². The van der Waals surface area contributed by atoms with E-state index in [4.69, 9.17) is 4.84 Å². The van der Waals surface area contributed by atoms with E-state index >= 15 is 0 Å². The van der Waals surface area contributed by atoms with Crippen molar-refractivity contribution in [3.8, 4) is 0 Å². The van der Waals surface area contributed by atoms with E-state index in [1.54, 1.807) is 37.2 Å². The third-order valence-corrected chi connectivity index (χ3v) is 3.73. The van der Waals surface area contributed by atoms with Gasteiger partial charge >= 0.3 is 5.97 Å². The lowest BCUT2D eigenvalue weighted by molar-refractivity contribution is -0.384. The number of carbonyl (C=O) groups excluding carboxylic acids is 1. The van der Waals surface area contributed by atoms with Crippen molar-refractivity contribution in [1.82, 2.24) is 0 Å². The summed E-state index contributed by atoms with van der Waals surface area (Å²) < 4.78 is 0. The maximum Gasteiger partial charge on any atom is 0.368 e. The predicted octanol–water partition coefficient (Wildman–Crippen LogP) is 3.01. The zero-order valence-electron chi connectivity index (χ0n) is 13.7. The summed E-state index contributed by atoms with van der Waals surface area (Å²) in [7, 11) is 3.46. The second kappa shape index (κ2) is 6.56. The SMILES string of the molecule is CN(C)c1ccc(/C=C2\C(=O)ON=C2c2ccccc2)cc1[N+](=O)[O-]. The maximum atomic E-state index is 12.0. The minimum atomic E-state index is -0.585. The van der Waals surface area contributed by atoms with Crippen LogP contribution in [0.2, 0.25) is 0 Å². The lowest BCUT2D eigenvalue weighted by Crippen LogP contribution is -2.11. The van der Waals surface area contributed by atoms with Gasteiger partial charge in [0, 0.05) is 25.7 Å². The average Bonchev–Trinajstić information content (AvgIpc) is 2.96. The fraction of sp³-hybridized carbons (Fsp3) is 0.111. The van der Waals surface area contributed by atoms with Crippen LogP contribution in [0.25, 0.3) is 6.08 Å². The van der Waals surface area contributed by atoms with Crippen molar-refractivity contribution in [1.29, 1.82) is 0 Å². The molecule has 0 bridgehead atoms. The molecule has 0 saturated carbocycles. The molecular weight excluding hydrogens is 322 g/mol. The molecule has 0 unspecified atom stereocenters. The lowest BCUT2D eigenvalue weighted by Gasteiger charge is -2.12. The molecule has 0 spiro atoms. The Morgan fingerprint density at radius 3 is 2.52 bits per heavy atom. The van der Waals surface area contributed by atoms with Crippen molar-refractivity contribution in [2.24, 2.45) is 5.16 Å². The molecule has 0 amide bonds. The molecule has 2 aromatic rings. The number of hydrogen-bond donors (Lipinski definition) is 0. The predicted molar refractivity (Wildman–Crippen MR) is 94.5 cm³/mol. The van der Waals surface area contributed by atoms with E-state index in [1.807, 2.05) is 30.3 Å². The number of benzene rings is 2. The number of oxime groups is 1. The fourth-order valence-corrected chi connectivity index (χ4v) is 2.53. The van der Waals surface area contributed by atoms with Gasteiger partial charge in [0.15, 0.2) is 0 Å². The van der Waals surface area contributed by atoms with Crippen LogP contribution in [0.4, 0.5) is 11.4 Å². The van der Waals surface area contributed by atoms with E-state index in [0.29, 0.717) is 17.0 Å². The lowest BCUT2D eigenvalue weighted by atomic mass is 10.0. The van der Waals surface area contributed by atoms with Crippen LogP contribution in [0.15, 0.2) is 59.3 Å². The molecule has 7 nitrogen and oxygen atoms in total. The van der Waals surface area contributed by atoms with Gasteiger partial charge in [-0.25, -0.2) is 4.79 Å². The number of nitrogens with zero attached hydrogens (tertiary/aromatic N) is 3. The second-order valence-electron chi connectivity index (χ2n) is 5.64. The molecule has 126 valence electrons. The van der Waals surface area contributed by atoms with E-state index < -0.39 is 10.9 Å². The first-order valence-electron chi connectivity index (χ1n) is 7.50. The molecule has 3 rings (SSSR count). The molecule has 0 radical (unpaired) electrons. The Balaban J connectivity index is 2.04.